The molecule has 4 heteroatoms. The third-order valence-corrected chi connectivity index (χ3v) is 3.63. The van der Waals surface area contributed by atoms with Crippen LogP contribution < -0.4 is 10.1 Å². The van der Waals surface area contributed by atoms with Crippen molar-refractivity contribution >= 4 is 5.91 Å². The second-order valence-electron chi connectivity index (χ2n) is 4.93. The average Bonchev–Trinajstić information content (AvgIpc) is 2.41. The van der Waals surface area contributed by atoms with Crippen molar-refractivity contribution in [3.63, 3.8) is 0 Å². The van der Waals surface area contributed by atoms with Gasteiger partial charge in [-0.3, -0.25) is 4.79 Å². The van der Waals surface area contributed by atoms with E-state index in [1.54, 1.807) is 25.4 Å². The maximum atomic E-state index is 12.1. The average molecular weight is 248 g/mol. The van der Waals surface area contributed by atoms with Gasteiger partial charge in [-0.2, -0.15) is 0 Å². The van der Waals surface area contributed by atoms with Crippen LogP contribution in [0.2, 0.25) is 0 Å². The third kappa shape index (κ3) is 3.00. The van der Waals surface area contributed by atoms with Crippen molar-refractivity contribution in [2.24, 2.45) is 5.92 Å². The van der Waals surface area contributed by atoms with Crippen molar-refractivity contribution in [3.05, 3.63) is 23.9 Å². The van der Waals surface area contributed by atoms with Crippen LogP contribution in [0.4, 0.5) is 0 Å². The van der Waals surface area contributed by atoms with Crippen LogP contribution in [-0.2, 0) is 0 Å². The number of nitrogens with one attached hydrogen (secondary N) is 1. The minimum Gasteiger partial charge on any atom is -0.481 e. The van der Waals surface area contributed by atoms with E-state index in [1.807, 2.05) is 0 Å². The quantitative estimate of drug-likeness (QED) is 0.893. The molecule has 0 aromatic carbocycles. The van der Waals surface area contributed by atoms with Gasteiger partial charge in [0.05, 0.1) is 7.11 Å². The van der Waals surface area contributed by atoms with Crippen molar-refractivity contribution in [2.75, 3.05) is 7.11 Å². The Balaban J connectivity index is 2.02. The molecule has 0 bridgehead atoms. The summed E-state index contributed by atoms with van der Waals surface area (Å²) >= 11 is 0. The first kappa shape index (κ1) is 12.9. The van der Waals surface area contributed by atoms with Gasteiger partial charge in [0.1, 0.15) is 0 Å². The Morgan fingerprint density at radius 3 is 2.94 bits per heavy atom. The van der Waals surface area contributed by atoms with Crippen LogP contribution in [0.3, 0.4) is 0 Å². The Labute approximate surface area is 108 Å². The molecule has 1 heterocycles. The standard InChI is InChI=1S/C14H20N2O2/c1-10-5-3-4-6-12(10)16-14(17)11-7-8-15-13(9-11)18-2/h7-10,12H,3-6H2,1-2H3,(H,16,17). The Kier molecular flexibility index (Phi) is 4.18. The molecular formula is C14H20N2O2. The molecule has 1 aliphatic carbocycles. The summed E-state index contributed by atoms with van der Waals surface area (Å²) < 4.78 is 5.03. The summed E-state index contributed by atoms with van der Waals surface area (Å²) in [7, 11) is 1.55. The molecule has 0 aliphatic heterocycles. The number of hydrogen-bond donors (Lipinski definition) is 1. The topological polar surface area (TPSA) is 51.2 Å². The van der Waals surface area contributed by atoms with E-state index in [-0.39, 0.29) is 5.91 Å². The monoisotopic (exact) mass is 248 g/mol. The maximum Gasteiger partial charge on any atom is 0.251 e. The van der Waals surface area contributed by atoms with Gasteiger partial charge >= 0.3 is 0 Å². The summed E-state index contributed by atoms with van der Waals surface area (Å²) in [6.07, 6.45) is 6.35. The Hall–Kier alpha value is -1.58. The van der Waals surface area contributed by atoms with Crippen molar-refractivity contribution in [3.8, 4) is 5.88 Å². The fraction of sp³-hybridized carbons (Fsp3) is 0.571. The van der Waals surface area contributed by atoms with Gasteiger partial charge in [0, 0.05) is 23.9 Å². The molecule has 1 amide bonds. The van der Waals surface area contributed by atoms with Gasteiger partial charge in [-0.15, -0.1) is 0 Å². The second-order valence-corrected chi connectivity index (χ2v) is 4.93. The van der Waals surface area contributed by atoms with Gasteiger partial charge in [0.2, 0.25) is 5.88 Å². The fourth-order valence-electron chi connectivity index (χ4n) is 2.44. The number of methoxy groups -OCH3 is 1. The van der Waals surface area contributed by atoms with Gasteiger partial charge in [-0.05, 0) is 24.8 Å². The van der Waals surface area contributed by atoms with E-state index in [0.29, 0.717) is 23.4 Å². The normalized spacial score (nSPS) is 23.4. The lowest BCUT2D eigenvalue weighted by Gasteiger charge is -2.29. The van der Waals surface area contributed by atoms with E-state index >= 15 is 0 Å². The van der Waals surface area contributed by atoms with E-state index in [0.717, 1.165) is 6.42 Å². The molecule has 1 N–H and O–H groups in total. The lowest BCUT2D eigenvalue weighted by Crippen LogP contribution is -2.41. The first-order valence-electron chi connectivity index (χ1n) is 6.51. The number of nitrogens with zero attached hydrogens (tertiary/aromatic N) is 1. The number of carbonyl (C=O) groups excluding carboxylic acids is 1. The van der Waals surface area contributed by atoms with Gasteiger partial charge in [-0.1, -0.05) is 19.8 Å². The Bertz CT molecular complexity index is 420. The van der Waals surface area contributed by atoms with Gasteiger partial charge in [0.15, 0.2) is 0 Å². The van der Waals surface area contributed by atoms with Gasteiger partial charge in [-0.25, -0.2) is 4.98 Å². The van der Waals surface area contributed by atoms with Crippen molar-refractivity contribution in [1.82, 2.24) is 10.3 Å². The van der Waals surface area contributed by atoms with E-state index in [1.165, 1.54) is 19.3 Å². The third-order valence-electron chi connectivity index (χ3n) is 3.63. The lowest BCUT2D eigenvalue weighted by molar-refractivity contribution is 0.0909. The number of carbonyl (C=O) groups is 1. The van der Waals surface area contributed by atoms with E-state index in [9.17, 15) is 4.79 Å². The number of pyridine rings is 1. The second kappa shape index (κ2) is 5.85. The molecule has 18 heavy (non-hydrogen) atoms. The fourth-order valence-corrected chi connectivity index (χ4v) is 2.44. The van der Waals surface area contributed by atoms with Crippen LogP contribution in [0.5, 0.6) is 5.88 Å². The number of aromatic nitrogens is 1. The highest BCUT2D eigenvalue weighted by Crippen LogP contribution is 2.24. The molecule has 1 aromatic rings. The number of rotatable bonds is 3. The summed E-state index contributed by atoms with van der Waals surface area (Å²) in [6.45, 7) is 2.21. The highest BCUT2D eigenvalue weighted by Gasteiger charge is 2.23. The minimum atomic E-state index is -0.0329. The van der Waals surface area contributed by atoms with Crippen molar-refractivity contribution < 1.29 is 9.53 Å². The van der Waals surface area contributed by atoms with Gasteiger partial charge in [0.25, 0.3) is 5.91 Å². The summed E-state index contributed by atoms with van der Waals surface area (Å²) in [5, 5.41) is 3.11. The summed E-state index contributed by atoms with van der Waals surface area (Å²) in [6, 6.07) is 3.68. The zero-order chi connectivity index (χ0) is 13.0. The van der Waals surface area contributed by atoms with E-state index < -0.39 is 0 Å². The maximum absolute atomic E-state index is 12.1. The molecule has 0 saturated heterocycles. The predicted molar refractivity (Wildman–Crippen MR) is 69.7 cm³/mol. The molecule has 0 spiro atoms. The SMILES string of the molecule is COc1cc(C(=O)NC2CCCCC2C)ccn1. The molecule has 1 fully saturated rings. The highest BCUT2D eigenvalue weighted by molar-refractivity contribution is 5.94. The summed E-state index contributed by atoms with van der Waals surface area (Å²) in [4.78, 5) is 16.1. The van der Waals surface area contributed by atoms with Crippen LogP contribution in [0.1, 0.15) is 43.0 Å². The summed E-state index contributed by atoms with van der Waals surface area (Å²) in [5.41, 5.74) is 0.611. The highest BCUT2D eigenvalue weighted by atomic mass is 16.5. The molecule has 2 rings (SSSR count). The van der Waals surface area contributed by atoms with E-state index in [2.05, 4.69) is 17.2 Å². The lowest BCUT2D eigenvalue weighted by atomic mass is 9.86. The molecule has 2 atom stereocenters. The van der Waals surface area contributed by atoms with Crippen molar-refractivity contribution in [2.45, 2.75) is 38.6 Å². The smallest absolute Gasteiger partial charge is 0.251 e. The molecule has 0 radical (unpaired) electrons. The first-order chi connectivity index (χ1) is 8.70. The van der Waals surface area contributed by atoms with E-state index in [4.69, 9.17) is 4.74 Å². The Morgan fingerprint density at radius 1 is 1.44 bits per heavy atom. The zero-order valence-corrected chi connectivity index (χ0v) is 11.0. The molecule has 4 nitrogen and oxygen atoms in total. The number of hydrogen-bond acceptors (Lipinski definition) is 3. The minimum absolute atomic E-state index is 0.0329. The molecule has 1 aliphatic rings. The van der Waals surface area contributed by atoms with Crippen LogP contribution in [-0.4, -0.2) is 24.0 Å². The molecule has 1 aromatic heterocycles. The molecule has 2 unspecified atom stereocenters. The van der Waals surface area contributed by atoms with Gasteiger partial charge < -0.3 is 10.1 Å². The van der Waals surface area contributed by atoms with Crippen molar-refractivity contribution in [1.29, 1.82) is 0 Å². The molecule has 98 valence electrons. The molecular weight excluding hydrogens is 228 g/mol. The Morgan fingerprint density at radius 2 is 2.22 bits per heavy atom. The predicted octanol–water partition coefficient (Wildman–Crippen LogP) is 2.40. The van der Waals surface area contributed by atoms with Crippen LogP contribution >= 0.6 is 0 Å². The number of ether oxygens (including phenoxy) is 1. The van der Waals surface area contributed by atoms with Crippen LogP contribution in [0.25, 0.3) is 0 Å². The summed E-state index contributed by atoms with van der Waals surface area (Å²) in [5.74, 6) is 1.00. The first-order valence-corrected chi connectivity index (χ1v) is 6.51. The van der Waals surface area contributed by atoms with Crippen LogP contribution in [0, 0.1) is 5.92 Å². The number of amides is 1. The van der Waals surface area contributed by atoms with Crippen LogP contribution in [0.15, 0.2) is 18.3 Å². The largest absolute Gasteiger partial charge is 0.481 e. The zero-order valence-electron chi connectivity index (χ0n) is 11.0. The molecule has 1 saturated carbocycles.